The molecule has 1 atom stereocenters. The summed E-state index contributed by atoms with van der Waals surface area (Å²) in [6.07, 6.45) is 6.06. The molecule has 19 nitrogen and oxygen atoms in total. The van der Waals surface area contributed by atoms with E-state index in [-0.39, 0.29) is 66.9 Å². The normalized spacial score (nSPS) is 14.0. The van der Waals surface area contributed by atoms with E-state index in [1.54, 1.807) is 0 Å². The number of aromatic nitrogens is 6. The van der Waals surface area contributed by atoms with Crippen LogP contribution in [0.5, 0.6) is 0 Å². The lowest BCUT2D eigenvalue weighted by molar-refractivity contribution is -0.389. The van der Waals surface area contributed by atoms with Crippen LogP contribution in [0.2, 0.25) is 0 Å². The van der Waals surface area contributed by atoms with E-state index in [1.165, 1.54) is 25.3 Å². The highest BCUT2D eigenvalue weighted by molar-refractivity contribution is 6.09. The summed E-state index contributed by atoms with van der Waals surface area (Å²) in [4.78, 5) is 59.4. The van der Waals surface area contributed by atoms with E-state index in [0.717, 1.165) is 25.0 Å². The molecule has 3 aromatic rings. The van der Waals surface area contributed by atoms with E-state index in [0.29, 0.717) is 25.7 Å². The average molecular weight is 659 g/mol. The molecule has 1 aliphatic carbocycles. The van der Waals surface area contributed by atoms with Gasteiger partial charge in [-0.15, -0.1) is 5.10 Å². The van der Waals surface area contributed by atoms with Gasteiger partial charge in [-0.2, -0.15) is 10.2 Å². The predicted molar refractivity (Wildman–Crippen MR) is 163 cm³/mol. The molecule has 1 fully saturated rings. The summed E-state index contributed by atoms with van der Waals surface area (Å²) in [5.41, 5.74) is -0.434. The van der Waals surface area contributed by atoms with Gasteiger partial charge in [0.05, 0.1) is 39.1 Å². The van der Waals surface area contributed by atoms with Crippen LogP contribution in [0.3, 0.4) is 0 Å². The van der Waals surface area contributed by atoms with Crippen molar-refractivity contribution in [3.8, 4) is 0 Å². The number of ether oxygens (including phenoxy) is 3. The molecule has 254 valence electrons. The Hall–Kier alpha value is -5.01. The molecule has 0 unspecified atom stereocenters. The minimum atomic E-state index is -0.736. The van der Waals surface area contributed by atoms with Gasteiger partial charge in [0, 0.05) is 24.7 Å². The molecule has 6 N–H and O–H groups in total. The summed E-state index contributed by atoms with van der Waals surface area (Å²) in [7, 11) is 0. The standard InChI is InChI=1S/C28H38N10O9/c1-17(18-5-3-2-4-6-18)30-25(39)16-47-12-11-46-10-9-45-8-7-29-27(41)22-14-23(36-35-22)31-28(42)21-13-19(32-34-21)26(40)20-15-24(37-33-20)38(43)44/h13-15,17-18H,2-12,16H2,1H3,(H,29,41)(H,30,39)(H,32,34)(H,33,37)(H2,31,35,36,42)/t17-/m1/s1. The quantitative estimate of drug-likeness (QED) is 0.0458. The topological polar surface area (TPSA) is 261 Å². The third kappa shape index (κ3) is 10.8. The summed E-state index contributed by atoms with van der Waals surface area (Å²) in [6.45, 7) is 3.73. The van der Waals surface area contributed by atoms with Crippen LogP contribution in [-0.2, 0) is 19.0 Å². The molecular weight excluding hydrogens is 620 g/mol. The average Bonchev–Trinajstić information content (AvgIpc) is 3.85. The van der Waals surface area contributed by atoms with E-state index < -0.39 is 28.3 Å². The second kappa shape index (κ2) is 17.6. The number of carbonyl (C=O) groups excluding carboxylic acids is 4. The van der Waals surface area contributed by atoms with Crippen molar-refractivity contribution in [2.45, 2.75) is 45.1 Å². The van der Waals surface area contributed by atoms with E-state index in [1.807, 2.05) is 0 Å². The van der Waals surface area contributed by atoms with Gasteiger partial charge in [0.1, 0.15) is 23.7 Å². The van der Waals surface area contributed by atoms with Crippen LogP contribution in [-0.4, -0.2) is 111 Å². The van der Waals surface area contributed by atoms with Crippen molar-refractivity contribution in [3.05, 3.63) is 51.1 Å². The summed E-state index contributed by atoms with van der Waals surface area (Å²) >= 11 is 0. The van der Waals surface area contributed by atoms with Crippen LogP contribution in [0.4, 0.5) is 11.6 Å². The van der Waals surface area contributed by atoms with E-state index >= 15 is 0 Å². The molecule has 0 bridgehead atoms. The first-order valence-electron chi connectivity index (χ1n) is 15.2. The molecule has 0 aliphatic heterocycles. The Morgan fingerprint density at radius 3 is 2.23 bits per heavy atom. The maximum absolute atomic E-state index is 12.5. The maximum atomic E-state index is 12.5. The zero-order valence-electron chi connectivity index (χ0n) is 25.8. The van der Waals surface area contributed by atoms with Gasteiger partial charge in [-0.05, 0) is 30.6 Å². The number of anilines is 1. The lowest BCUT2D eigenvalue weighted by Crippen LogP contribution is -2.40. The minimum absolute atomic E-state index is 0.00133. The smallest absolute Gasteiger partial charge is 0.343 e. The molecule has 3 heterocycles. The van der Waals surface area contributed by atoms with Crippen LogP contribution >= 0.6 is 0 Å². The first kappa shape index (κ1) is 34.9. The molecule has 3 aromatic heterocycles. The van der Waals surface area contributed by atoms with E-state index in [4.69, 9.17) is 14.2 Å². The van der Waals surface area contributed by atoms with Gasteiger partial charge in [0.15, 0.2) is 11.5 Å². The Bertz CT molecular complexity index is 1510. The fourth-order valence-electron chi connectivity index (χ4n) is 4.88. The summed E-state index contributed by atoms with van der Waals surface area (Å²) in [5.74, 6) is -1.91. The molecule has 0 spiro atoms. The molecule has 0 aromatic carbocycles. The Morgan fingerprint density at radius 2 is 1.51 bits per heavy atom. The summed E-state index contributed by atoms with van der Waals surface area (Å²) in [5, 5.41) is 37.1. The first-order chi connectivity index (χ1) is 22.7. The number of amides is 3. The van der Waals surface area contributed by atoms with Gasteiger partial charge >= 0.3 is 5.82 Å². The number of hydrogen-bond donors (Lipinski definition) is 6. The Labute approximate surface area is 268 Å². The molecule has 4 rings (SSSR count). The SMILES string of the molecule is C[C@@H](NC(=O)COCCOCCOCCNC(=O)c1cc(NC(=O)c2cc(C(=O)c3cc([N+](=O)[O-])[nH]n3)n[nH]2)n[nH]1)C1CCCCC1. The van der Waals surface area contributed by atoms with Crippen LogP contribution in [0.15, 0.2) is 18.2 Å². The third-order valence-electron chi connectivity index (χ3n) is 7.37. The highest BCUT2D eigenvalue weighted by Crippen LogP contribution is 2.26. The molecule has 1 aliphatic rings. The highest BCUT2D eigenvalue weighted by Gasteiger charge is 2.23. The van der Waals surface area contributed by atoms with Gasteiger partial charge in [-0.1, -0.05) is 24.4 Å². The van der Waals surface area contributed by atoms with Crippen molar-refractivity contribution in [2.75, 3.05) is 51.5 Å². The molecule has 0 saturated heterocycles. The third-order valence-corrected chi connectivity index (χ3v) is 7.37. The Morgan fingerprint density at radius 1 is 0.872 bits per heavy atom. The second-order valence-electron chi connectivity index (χ2n) is 10.8. The number of nitrogens with one attached hydrogen (secondary N) is 6. The molecular formula is C28H38N10O9. The molecule has 47 heavy (non-hydrogen) atoms. The van der Waals surface area contributed by atoms with Crippen LogP contribution in [0.1, 0.15) is 76.2 Å². The number of nitro groups is 1. The van der Waals surface area contributed by atoms with Crippen molar-refractivity contribution in [1.82, 2.24) is 41.2 Å². The number of nitrogens with zero attached hydrogens (tertiary/aromatic N) is 4. The lowest BCUT2D eigenvalue weighted by Gasteiger charge is -2.28. The van der Waals surface area contributed by atoms with Crippen molar-refractivity contribution >= 4 is 35.1 Å². The molecule has 0 radical (unpaired) electrons. The number of H-pyrrole nitrogens is 3. The van der Waals surface area contributed by atoms with Crippen molar-refractivity contribution < 1.29 is 38.3 Å². The second-order valence-corrected chi connectivity index (χ2v) is 10.8. The maximum Gasteiger partial charge on any atom is 0.343 e. The number of ketones is 1. The zero-order chi connectivity index (χ0) is 33.6. The number of rotatable bonds is 19. The highest BCUT2D eigenvalue weighted by atomic mass is 16.6. The van der Waals surface area contributed by atoms with Gasteiger partial charge in [-0.25, -0.2) is 0 Å². The summed E-state index contributed by atoms with van der Waals surface area (Å²) < 4.78 is 16.2. The van der Waals surface area contributed by atoms with Gasteiger partial charge < -0.3 is 40.3 Å². The molecule has 1 saturated carbocycles. The van der Waals surface area contributed by atoms with Crippen LogP contribution in [0.25, 0.3) is 0 Å². The van der Waals surface area contributed by atoms with Crippen molar-refractivity contribution in [3.63, 3.8) is 0 Å². The minimum Gasteiger partial charge on any atom is -0.377 e. The number of hydrogen-bond acceptors (Lipinski definition) is 12. The number of carbonyl (C=O) groups is 4. The zero-order valence-corrected chi connectivity index (χ0v) is 25.8. The molecule has 19 heteroatoms. The van der Waals surface area contributed by atoms with Gasteiger partial charge in [0.25, 0.3) is 11.8 Å². The number of aromatic amines is 3. The van der Waals surface area contributed by atoms with Crippen molar-refractivity contribution in [2.24, 2.45) is 5.92 Å². The van der Waals surface area contributed by atoms with Gasteiger partial charge in [-0.3, -0.25) is 29.4 Å². The monoisotopic (exact) mass is 658 g/mol. The molecule has 3 amide bonds. The van der Waals surface area contributed by atoms with E-state index in [9.17, 15) is 29.3 Å². The fraction of sp³-hybridized carbons (Fsp3) is 0.536. The largest absolute Gasteiger partial charge is 0.377 e. The van der Waals surface area contributed by atoms with Crippen LogP contribution < -0.4 is 16.0 Å². The Kier molecular flexibility index (Phi) is 13.1. The lowest BCUT2D eigenvalue weighted by atomic mass is 9.84. The van der Waals surface area contributed by atoms with Crippen molar-refractivity contribution in [1.29, 1.82) is 0 Å². The fourth-order valence-corrected chi connectivity index (χ4v) is 4.88. The van der Waals surface area contributed by atoms with E-state index in [2.05, 4.69) is 53.5 Å². The first-order valence-corrected chi connectivity index (χ1v) is 15.2. The van der Waals surface area contributed by atoms with Gasteiger partial charge in [0.2, 0.25) is 11.7 Å². The Balaban J connectivity index is 1.03. The summed E-state index contributed by atoms with van der Waals surface area (Å²) in [6, 6.07) is 3.58. The van der Waals surface area contributed by atoms with Crippen LogP contribution in [0, 0.1) is 16.0 Å². The predicted octanol–water partition coefficient (Wildman–Crippen LogP) is 1.11.